The van der Waals surface area contributed by atoms with E-state index in [9.17, 15) is 14.4 Å². The van der Waals surface area contributed by atoms with Crippen LogP contribution in [0.4, 0.5) is 4.79 Å². The zero-order chi connectivity index (χ0) is 24.1. The number of fused-ring (bicyclic) bond motifs is 3. The van der Waals surface area contributed by atoms with Gasteiger partial charge in [0.15, 0.2) is 0 Å². The third-order valence-corrected chi connectivity index (χ3v) is 5.60. The Labute approximate surface area is 196 Å². The molecule has 9 heteroatoms. The van der Waals surface area contributed by atoms with E-state index < -0.39 is 18.1 Å². The third-order valence-electron chi connectivity index (χ3n) is 5.60. The molecule has 0 radical (unpaired) electrons. The zero-order valence-electron chi connectivity index (χ0n) is 18.5. The maximum Gasteiger partial charge on any atom is 0.407 e. The van der Waals surface area contributed by atoms with Gasteiger partial charge in [-0.3, -0.25) is 4.79 Å². The summed E-state index contributed by atoms with van der Waals surface area (Å²) in [4.78, 5) is 43.1. The van der Waals surface area contributed by atoms with Crippen LogP contribution >= 0.6 is 0 Å². The topological polar surface area (TPSA) is 131 Å². The SMILES string of the molecule is C[C@H](CC(=O)NCc1ncc(C(=O)O)cn1)NC(=O)OCC1c2ccccc2-c2ccccc21. The largest absolute Gasteiger partial charge is 0.478 e. The van der Waals surface area contributed by atoms with E-state index in [1.165, 1.54) is 12.4 Å². The van der Waals surface area contributed by atoms with Gasteiger partial charge in [0.1, 0.15) is 12.4 Å². The van der Waals surface area contributed by atoms with Crippen LogP contribution in [-0.4, -0.2) is 45.7 Å². The van der Waals surface area contributed by atoms with E-state index in [-0.39, 0.29) is 42.8 Å². The molecule has 1 atom stereocenters. The third kappa shape index (κ3) is 5.20. The molecular weight excluding hydrogens is 436 g/mol. The maximum atomic E-state index is 12.3. The normalized spacial score (nSPS) is 12.9. The Bertz CT molecular complexity index is 1170. The van der Waals surface area contributed by atoms with Crippen molar-refractivity contribution in [2.24, 2.45) is 0 Å². The summed E-state index contributed by atoms with van der Waals surface area (Å²) in [6.45, 7) is 1.96. The molecule has 4 rings (SSSR count). The number of carbonyl (C=O) groups excluding carboxylic acids is 2. The number of nitrogens with one attached hydrogen (secondary N) is 2. The predicted octanol–water partition coefficient (Wildman–Crippen LogP) is 3.11. The number of carboxylic acid groups (broad SMARTS) is 1. The van der Waals surface area contributed by atoms with Crippen LogP contribution in [0.1, 0.15) is 46.6 Å². The van der Waals surface area contributed by atoms with Crippen molar-refractivity contribution >= 4 is 18.0 Å². The number of aromatic carboxylic acids is 1. The number of alkyl carbamates (subject to hydrolysis) is 1. The summed E-state index contributed by atoms with van der Waals surface area (Å²) in [6.07, 6.45) is 1.81. The second-order valence-corrected chi connectivity index (χ2v) is 8.04. The quantitative estimate of drug-likeness (QED) is 0.471. The summed E-state index contributed by atoms with van der Waals surface area (Å²) in [7, 11) is 0. The number of hydrogen-bond donors (Lipinski definition) is 3. The van der Waals surface area contributed by atoms with Gasteiger partial charge in [0.05, 0.1) is 12.1 Å². The molecule has 0 saturated heterocycles. The molecular formula is C25H24N4O5. The van der Waals surface area contributed by atoms with Crippen molar-refractivity contribution in [1.82, 2.24) is 20.6 Å². The van der Waals surface area contributed by atoms with Crippen LogP contribution in [0.5, 0.6) is 0 Å². The smallest absolute Gasteiger partial charge is 0.407 e. The van der Waals surface area contributed by atoms with Gasteiger partial charge in [-0.1, -0.05) is 48.5 Å². The lowest BCUT2D eigenvalue weighted by Gasteiger charge is -2.17. The van der Waals surface area contributed by atoms with Gasteiger partial charge in [-0.05, 0) is 29.2 Å². The molecule has 0 aliphatic heterocycles. The van der Waals surface area contributed by atoms with Crippen LogP contribution in [0.2, 0.25) is 0 Å². The minimum atomic E-state index is -1.12. The minimum absolute atomic E-state index is 0.0315. The number of nitrogens with zero attached hydrogens (tertiary/aromatic N) is 2. The summed E-state index contributed by atoms with van der Waals surface area (Å²) in [5, 5.41) is 14.2. The van der Waals surface area contributed by atoms with Crippen molar-refractivity contribution < 1.29 is 24.2 Å². The molecule has 34 heavy (non-hydrogen) atoms. The first kappa shape index (κ1) is 22.9. The van der Waals surface area contributed by atoms with Gasteiger partial charge < -0.3 is 20.5 Å². The molecule has 174 valence electrons. The fourth-order valence-corrected chi connectivity index (χ4v) is 3.98. The van der Waals surface area contributed by atoms with E-state index in [4.69, 9.17) is 9.84 Å². The molecule has 1 aromatic heterocycles. The number of ether oxygens (including phenoxy) is 1. The van der Waals surface area contributed by atoms with E-state index in [1.807, 2.05) is 36.4 Å². The Kier molecular flexibility index (Phi) is 6.82. The molecule has 0 unspecified atom stereocenters. The average Bonchev–Trinajstić information content (AvgIpc) is 3.15. The van der Waals surface area contributed by atoms with E-state index in [0.717, 1.165) is 22.3 Å². The number of benzene rings is 2. The fourth-order valence-electron chi connectivity index (χ4n) is 3.98. The zero-order valence-corrected chi connectivity index (χ0v) is 18.5. The van der Waals surface area contributed by atoms with Crippen molar-refractivity contribution in [3.8, 4) is 11.1 Å². The van der Waals surface area contributed by atoms with Crippen LogP contribution in [0, 0.1) is 0 Å². The fraction of sp³-hybridized carbons (Fsp3) is 0.240. The number of aromatic nitrogens is 2. The Balaban J connectivity index is 1.24. The second kappa shape index (κ2) is 10.1. The van der Waals surface area contributed by atoms with Gasteiger partial charge in [-0.25, -0.2) is 19.6 Å². The van der Waals surface area contributed by atoms with Crippen molar-refractivity contribution in [1.29, 1.82) is 0 Å². The van der Waals surface area contributed by atoms with Crippen molar-refractivity contribution in [3.63, 3.8) is 0 Å². The number of hydrogen-bond acceptors (Lipinski definition) is 6. The first-order valence-corrected chi connectivity index (χ1v) is 10.8. The minimum Gasteiger partial charge on any atom is -0.478 e. The van der Waals surface area contributed by atoms with Crippen molar-refractivity contribution in [2.45, 2.75) is 31.8 Å². The highest BCUT2D eigenvalue weighted by Gasteiger charge is 2.29. The Hall–Kier alpha value is -4.27. The molecule has 0 saturated carbocycles. The maximum absolute atomic E-state index is 12.3. The molecule has 9 nitrogen and oxygen atoms in total. The van der Waals surface area contributed by atoms with Crippen LogP contribution in [0.3, 0.4) is 0 Å². The van der Waals surface area contributed by atoms with Gasteiger partial charge >= 0.3 is 12.1 Å². The summed E-state index contributed by atoms with van der Waals surface area (Å²) < 4.78 is 5.50. The van der Waals surface area contributed by atoms with Gasteiger partial charge in [0.2, 0.25) is 5.91 Å². The molecule has 2 aromatic carbocycles. The molecule has 1 aliphatic carbocycles. The number of carboxylic acids is 1. The standard InChI is InChI=1S/C25H24N4O5/c1-15(10-23(30)28-13-22-26-11-16(12-27-22)24(31)32)29-25(33)34-14-21-19-8-4-2-6-17(19)18-7-3-5-9-20(18)21/h2-9,11-12,15,21H,10,13-14H2,1H3,(H,28,30)(H,29,33)(H,31,32)/t15-/m1/s1. The second-order valence-electron chi connectivity index (χ2n) is 8.04. The lowest BCUT2D eigenvalue weighted by Crippen LogP contribution is -2.38. The number of amides is 2. The van der Waals surface area contributed by atoms with Crippen LogP contribution in [-0.2, 0) is 16.1 Å². The number of carbonyl (C=O) groups is 3. The number of rotatable bonds is 8. The molecule has 1 heterocycles. The Morgan fingerprint density at radius 3 is 2.18 bits per heavy atom. The monoisotopic (exact) mass is 460 g/mol. The lowest BCUT2D eigenvalue weighted by atomic mass is 9.98. The van der Waals surface area contributed by atoms with Crippen LogP contribution < -0.4 is 10.6 Å². The Morgan fingerprint density at radius 1 is 1.00 bits per heavy atom. The van der Waals surface area contributed by atoms with Gasteiger partial charge in [-0.2, -0.15) is 0 Å². The highest BCUT2D eigenvalue weighted by atomic mass is 16.5. The molecule has 0 fully saturated rings. The molecule has 1 aliphatic rings. The van der Waals surface area contributed by atoms with E-state index in [1.54, 1.807) is 6.92 Å². The van der Waals surface area contributed by atoms with Gasteiger partial charge in [0.25, 0.3) is 0 Å². The predicted molar refractivity (Wildman–Crippen MR) is 123 cm³/mol. The summed E-state index contributed by atoms with van der Waals surface area (Å²) in [6, 6.07) is 15.7. The lowest BCUT2D eigenvalue weighted by molar-refractivity contribution is -0.121. The first-order chi connectivity index (χ1) is 16.4. The highest BCUT2D eigenvalue weighted by Crippen LogP contribution is 2.44. The molecule has 3 aromatic rings. The van der Waals surface area contributed by atoms with Gasteiger partial charge in [0, 0.05) is 30.8 Å². The van der Waals surface area contributed by atoms with E-state index >= 15 is 0 Å². The van der Waals surface area contributed by atoms with E-state index in [2.05, 4.69) is 32.7 Å². The van der Waals surface area contributed by atoms with E-state index in [0.29, 0.717) is 0 Å². The molecule has 0 bridgehead atoms. The van der Waals surface area contributed by atoms with Crippen LogP contribution in [0.15, 0.2) is 60.9 Å². The van der Waals surface area contributed by atoms with Crippen molar-refractivity contribution in [3.05, 3.63) is 83.4 Å². The summed E-state index contributed by atoms with van der Waals surface area (Å²) in [5.74, 6) is -1.18. The van der Waals surface area contributed by atoms with Crippen molar-refractivity contribution in [2.75, 3.05) is 6.61 Å². The highest BCUT2D eigenvalue weighted by molar-refractivity contribution is 5.86. The summed E-state index contributed by atoms with van der Waals surface area (Å²) in [5.41, 5.74) is 4.53. The summed E-state index contributed by atoms with van der Waals surface area (Å²) >= 11 is 0. The first-order valence-electron chi connectivity index (χ1n) is 10.8. The average molecular weight is 460 g/mol. The van der Waals surface area contributed by atoms with Crippen LogP contribution in [0.25, 0.3) is 11.1 Å². The van der Waals surface area contributed by atoms with Gasteiger partial charge in [-0.15, -0.1) is 0 Å². The molecule has 0 spiro atoms. The Morgan fingerprint density at radius 2 is 1.59 bits per heavy atom. The molecule has 3 N–H and O–H groups in total. The molecule has 2 amide bonds.